The summed E-state index contributed by atoms with van der Waals surface area (Å²) in [6.07, 6.45) is 1.57. The van der Waals surface area contributed by atoms with Crippen LogP contribution in [0.1, 0.15) is 39.2 Å². The largest absolute Gasteiger partial charge is 0.349 e. The van der Waals surface area contributed by atoms with Crippen molar-refractivity contribution in [3.63, 3.8) is 0 Å². The van der Waals surface area contributed by atoms with Crippen LogP contribution in [0.2, 0.25) is 0 Å². The van der Waals surface area contributed by atoms with E-state index >= 15 is 0 Å². The molecule has 0 saturated carbocycles. The van der Waals surface area contributed by atoms with E-state index in [1.807, 2.05) is 45.0 Å². The monoisotopic (exact) mass is 353 g/mol. The van der Waals surface area contributed by atoms with E-state index in [0.717, 1.165) is 11.3 Å². The van der Waals surface area contributed by atoms with E-state index in [9.17, 15) is 9.59 Å². The molecule has 2 rings (SSSR count). The molecule has 1 aliphatic rings. The fourth-order valence-corrected chi connectivity index (χ4v) is 2.76. The van der Waals surface area contributed by atoms with Gasteiger partial charge in [-0.05, 0) is 37.3 Å². The Hall–Kier alpha value is -1.59. The number of benzene rings is 1. The molecule has 2 unspecified atom stereocenters. The van der Waals surface area contributed by atoms with Crippen LogP contribution >= 0.6 is 12.4 Å². The summed E-state index contributed by atoms with van der Waals surface area (Å²) < 4.78 is 0. The normalized spacial score (nSPS) is 18.9. The van der Waals surface area contributed by atoms with Crippen LogP contribution in [0.25, 0.3) is 0 Å². The van der Waals surface area contributed by atoms with Gasteiger partial charge in [0, 0.05) is 24.6 Å². The molecule has 24 heavy (non-hydrogen) atoms. The van der Waals surface area contributed by atoms with Crippen molar-refractivity contribution < 1.29 is 9.59 Å². The van der Waals surface area contributed by atoms with E-state index < -0.39 is 5.54 Å². The number of para-hydroxylation sites is 1. The van der Waals surface area contributed by atoms with E-state index in [2.05, 4.69) is 10.6 Å². The lowest BCUT2D eigenvalue weighted by Gasteiger charge is -2.34. The fourth-order valence-electron chi connectivity index (χ4n) is 2.76. The van der Waals surface area contributed by atoms with Crippen molar-refractivity contribution in [3.8, 4) is 0 Å². The molecule has 0 saturated heterocycles. The van der Waals surface area contributed by atoms with E-state index in [4.69, 9.17) is 5.73 Å². The van der Waals surface area contributed by atoms with Crippen LogP contribution in [-0.4, -0.2) is 23.9 Å². The highest BCUT2D eigenvalue weighted by Gasteiger charge is 2.30. The first-order valence-corrected chi connectivity index (χ1v) is 8.25. The molecule has 2 amide bonds. The summed E-state index contributed by atoms with van der Waals surface area (Å²) in [4.78, 5) is 24.4. The Labute approximate surface area is 150 Å². The second kappa shape index (κ2) is 8.49. The maximum absolute atomic E-state index is 12.2. The molecule has 1 heterocycles. The zero-order chi connectivity index (χ0) is 17.0. The Morgan fingerprint density at radius 2 is 2.08 bits per heavy atom. The number of anilines is 1. The molecule has 0 aliphatic carbocycles. The maximum atomic E-state index is 12.2. The average Bonchev–Trinajstić information content (AvgIpc) is 2.52. The van der Waals surface area contributed by atoms with Crippen LogP contribution < -0.4 is 16.4 Å². The molecular formula is C18H28ClN3O2. The predicted molar refractivity (Wildman–Crippen MR) is 99.2 cm³/mol. The first-order chi connectivity index (χ1) is 10.9. The van der Waals surface area contributed by atoms with Crippen LogP contribution in [0.3, 0.4) is 0 Å². The molecule has 1 aliphatic heterocycles. The number of amides is 2. The van der Waals surface area contributed by atoms with Gasteiger partial charge in [0.2, 0.25) is 11.8 Å². The summed E-state index contributed by atoms with van der Waals surface area (Å²) in [5.74, 6) is 0.0559. The number of nitrogens with two attached hydrogens (primary N) is 1. The minimum Gasteiger partial charge on any atom is -0.349 e. The van der Waals surface area contributed by atoms with Crippen molar-refractivity contribution in [2.75, 3.05) is 11.9 Å². The van der Waals surface area contributed by atoms with Crippen LogP contribution in [0.5, 0.6) is 0 Å². The Balaban J connectivity index is 0.00000288. The third-order valence-electron chi connectivity index (χ3n) is 4.96. The molecule has 2 atom stereocenters. The van der Waals surface area contributed by atoms with Gasteiger partial charge in [0.15, 0.2) is 0 Å². The minimum absolute atomic E-state index is 0. The third-order valence-corrected chi connectivity index (χ3v) is 4.96. The van der Waals surface area contributed by atoms with Gasteiger partial charge in [0.1, 0.15) is 0 Å². The molecule has 1 aromatic carbocycles. The van der Waals surface area contributed by atoms with Gasteiger partial charge in [-0.15, -0.1) is 12.4 Å². The van der Waals surface area contributed by atoms with Gasteiger partial charge in [-0.2, -0.15) is 0 Å². The van der Waals surface area contributed by atoms with E-state index in [1.165, 1.54) is 0 Å². The SMILES string of the molecule is CC(C)C(C)(CN)NC(=O)CCC1Cc2ccccc2NC1=O.Cl. The maximum Gasteiger partial charge on any atom is 0.227 e. The van der Waals surface area contributed by atoms with Crippen molar-refractivity contribution in [2.24, 2.45) is 17.6 Å². The first kappa shape index (κ1) is 20.5. The molecule has 0 bridgehead atoms. The van der Waals surface area contributed by atoms with E-state index in [1.54, 1.807) is 0 Å². The summed E-state index contributed by atoms with van der Waals surface area (Å²) in [5.41, 5.74) is 7.40. The molecule has 5 nitrogen and oxygen atoms in total. The molecule has 0 aromatic heterocycles. The second-order valence-corrected chi connectivity index (χ2v) is 6.91. The number of carbonyl (C=O) groups is 2. The van der Waals surface area contributed by atoms with Gasteiger partial charge in [0.25, 0.3) is 0 Å². The lowest BCUT2D eigenvalue weighted by molar-refractivity contribution is -0.124. The summed E-state index contributed by atoms with van der Waals surface area (Å²) in [7, 11) is 0. The van der Waals surface area contributed by atoms with Gasteiger partial charge in [-0.1, -0.05) is 32.0 Å². The Morgan fingerprint density at radius 3 is 2.71 bits per heavy atom. The smallest absolute Gasteiger partial charge is 0.227 e. The highest BCUT2D eigenvalue weighted by molar-refractivity contribution is 5.96. The van der Waals surface area contributed by atoms with Crippen LogP contribution in [0.15, 0.2) is 24.3 Å². The second-order valence-electron chi connectivity index (χ2n) is 6.91. The van der Waals surface area contributed by atoms with Gasteiger partial charge in [-0.25, -0.2) is 0 Å². The number of fused-ring (bicyclic) bond motifs is 1. The van der Waals surface area contributed by atoms with Gasteiger partial charge in [0.05, 0.1) is 5.54 Å². The van der Waals surface area contributed by atoms with E-state index in [-0.39, 0.29) is 36.1 Å². The standard InChI is InChI=1S/C18H27N3O2.ClH/c1-12(2)18(3,11-19)21-16(22)9-8-14-10-13-6-4-5-7-15(13)20-17(14)23;/h4-7,12,14H,8-11,19H2,1-3H3,(H,20,23)(H,21,22);1H. The summed E-state index contributed by atoms with van der Waals surface area (Å²) in [6, 6.07) is 7.80. The van der Waals surface area contributed by atoms with Crippen LogP contribution in [0.4, 0.5) is 5.69 Å². The zero-order valence-corrected chi connectivity index (χ0v) is 15.4. The molecule has 6 heteroatoms. The van der Waals surface area contributed by atoms with Crippen LogP contribution in [-0.2, 0) is 16.0 Å². The Morgan fingerprint density at radius 1 is 1.42 bits per heavy atom. The van der Waals surface area contributed by atoms with Gasteiger partial charge < -0.3 is 16.4 Å². The zero-order valence-electron chi connectivity index (χ0n) is 14.6. The minimum atomic E-state index is -0.404. The molecule has 0 spiro atoms. The fraction of sp³-hybridized carbons (Fsp3) is 0.556. The van der Waals surface area contributed by atoms with Gasteiger partial charge in [-0.3, -0.25) is 9.59 Å². The predicted octanol–water partition coefficient (Wildman–Crippen LogP) is 2.49. The quantitative estimate of drug-likeness (QED) is 0.734. The molecular weight excluding hydrogens is 326 g/mol. The number of nitrogens with one attached hydrogen (secondary N) is 2. The van der Waals surface area contributed by atoms with E-state index in [0.29, 0.717) is 25.8 Å². The van der Waals surface area contributed by atoms with Crippen LogP contribution in [0, 0.1) is 11.8 Å². The molecule has 4 N–H and O–H groups in total. The molecule has 1 aromatic rings. The lowest BCUT2D eigenvalue weighted by Crippen LogP contribution is -2.55. The summed E-state index contributed by atoms with van der Waals surface area (Å²) in [5, 5.41) is 5.94. The highest BCUT2D eigenvalue weighted by atomic mass is 35.5. The summed E-state index contributed by atoms with van der Waals surface area (Å²) in [6.45, 7) is 6.43. The van der Waals surface area contributed by atoms with Crippen molar-refractivity contribution in [2.45, 2.75) is 45.6 Å². The molecule has 0 fully saturated rings. The highest BCUT2D eigenvalue weighted by Crippen LogP contribution is 2.27. The van der Waals surface area contributed by atoms with Crippen molar-refractivity contribution in [3.05, 3.63) is 29.8 Å². The number of halogens is 1. The average molecular weight is 354 g/mol. The number of carbonyl (C=O) groups excluding carboxylic acids is 2. The summed E-state index contributed by atoms with van der Waals surface area (Å²) >= 11 is 0. The number of hydrogen-bond donors (Lipinski definition) is 3. The molecule has 134 valence electrons. The first-order valence-electron chi connectivity index (χ1n) is 8.25. The number of rotatable bonds is 6. The Bertz CT molecular complexity index is 591. The van der Waals surface area contributed by atoms with Gasteiger partial charge >= 0.3 is 0 Å². The topological polar surface area (TPSA) is 84.2 Å². The third kappa shape index (κ3) is 4.71. The lowest BCUT2D eigenvalue weighted by atomic mass is 9.87. The van der Waals surface area contributed by atoms with Crippen molar-refractivity contribution in [1.82, 2.24) is 5.32 Å². The van der Waals surface area contributed by atoms with Crippen molar-refractivity contribution in [1.29, 1.82) is 0 Å². The molecule has 0 radical (unpaired) electrons. The van der Waals surface area contributed by atoms with Crippen molar-refractivity contribution >= 4 is 29.9 Å². The Kier molecular flexibility index (Phi) is 7.24. The number of hydrogen-bond acceptors (Lipinski definition) is 3.